The van der Waals surface area contributed by atoms with Crippen molar-refractivity contribution >= 4 is 6.29 Å². The second-order valence-corrected chi connectivity index (χ2v) is 2.89. The van der Waals surface area contributed by atoms with Crippen LogP contribution in [0.2, 0.25) is 0 Å². The highest BCUT2D eigenvalue weighted by atomic mass is 16.3. The lowest BCUT2D eigenvalue weighted by atomic mass is 9.97. The van der Waals surface area contributed by atoms with E-state index in [9.17, 15) is 9.90 Å². The highest BCUT2D eigenvalue weighted by Gasteiger charge is 2.12. The van der Waals surface area contributed by atoms with Crippen LogP contribution in [0.1, 0.15) is 24.8 Å². The van der Waals surface area contributed by atoms with Crippen LogP contribution in [-0.2, 0) is 4.79 Å². The topological polar surface area (TPSA) is 57.5 Å². The largest absolute Gasteiger partial charge is 0.508 e. The first-order valence-corrected chi connectivity index (χ1v) is 4.16. The fourth-order valence-corrected chi connectivity index (χ4v) is 1.24. The number of benzene rings is 1. The maximum absolute atomic E-state index is 10.6. The van der Waals surface area contributed by atoms with Gasteiger partial charge in [-0.2, -0.15) is 0 Å². The minimum absolute atomic E-state index is 0.00185. The summed E-state index contributed by atoms with van der Waals surface area (Å²) in [5.41, 5.74) is 0.565. The van der Waals surface area contributed by atoms with E-state index in [4.69, 9.17) is 5.11 Å². The molecule has 0 fully saturated rings. The van der Waals surface area contributed by atoms with E-state index in [2.05, 4.69) is 0 Å². The normalized spacial score (nSPS) is 12.4. The zero-order valence-electron chi connectivity index (χ0n) is 7.40. The van der Waals surface area contributed by atoms with Gasteiger partial charge in [-0.15, -0.1) is 0 Å². The Morgan fingerprint density at radius 2 is 2.15 bits per heavy atom. The summed E-state index contributed by atoms with van der Waals surface area (Å²) in [6.07, 6.45) is 1.44. The van der Waals surface area contributed by atoms with Crippen molar-refractivity contribution in [1.82, 2.24) is 0 Å². The molecule has 0 aliphatic rings. The Morgan fingerprint density at radius 3 is 2.62 bits per heavy atom. The number of carbonyl (C=O) groups is 1. The molecular weight excluding hydrogens is 168 g/mol. The summed E-state index contributed by atoms with van der Waals surface area (Å²) in [7, 11) is 0. The van der Waals surface area contributed by atoms with Crippen LogP contribution in [0, 0.1) is 0 Å². The lowest BCUT2D eigenvalue weighted by Gasteiger charge is -2.09. The molecule has 1 unspecified atom stereocenters. The molecule has 2 N–H and O–H groups in total. The summed E-state index contributed by atoms with van der Waals surface area (Å²) >= 11 is 0. The van der Waals surface area contributed by atoms with Gasteiger partial charge >= 0.3 is 0 Å². The van der Waals surface area contributed by atoms with Crippen molar-refractivity contribution < 1.29 is 15.0 Å². The summed E-state index contributed by atoms with van der Waals surface area (Å²) in [6, 6.07) is 4.26. The van der Waals surface area contributed by atoms with Crippen LogP contribution in [-0.4, -0.2) is 16.5 Å². The molecule has 0 radical (unpaired) electrons. The Balaban J connectivity index is 3.06. The number of phenols is 2. The Bertz CT molecular complexity index is 307. The van der Waals surface area contributed by atoms with Crippen LogP contribution < -0.4 is 0 Å². The molecule has 0 aliphatic carbocycles. The van der Waals surface area contributed by atoms with Crippen molar-refractivity contribution in [3.8, 4) is 11.5 Å². The molecule has 1 rings (SSSR count). The monoisotopic (exact) mass is 180 g/mol. The fraction of sp³-hybridized carbons (Fsp3) is 0.300. The molecular formula is C10H12O3. The predicted molar refractivity (Wildman–Crippen MR) is 48.9 cm³/mol. The predicted octanol–water partition coefficient (Wildman–Crippen LogP) is 1.79. The Labute approximate surface area is 76.6 Å². The molecule has 0 saturated carbocycles. The molecule has 0 heterocycles. The van der Waals surface area contributed by atoms with Crippen molar-refractivity contribution in [3.63, 3.8) is 0 Å². The highest BCUT2D eigenvalue weighted by molar-refractivity contribution is 5.64. The molecule has 0 aliphatic heterocycles. The van der Waals surface area contributed by atoms with Gasteiger partial charge in [0.25, 0.3) is 0 Å². The first-order valence-electron chi connectivity index (χ1n) is 4.16. The molecule has 0 spiro atoms. The molecule has 3 heteroatoms. The third-order valence-corrected chi connectivity index (χ3v) is 2.02. The third-order valence-electron chi connectivity index (χ3n) is 2.02. The highest BCUT2D eigenvalue weighted by Crippen LogP contribution is 2.29. The molecule has 0 bridgehead atoms. The average molecular weight is 180 g/mol. The summed E-state index contributed by atoms with van der Waals surface area (Å²) in [5, 5.41) is 18.4. The first kappa shape index (κ1) is 9.58. The van der Waals surface area contributed by atoms with E-state index in [0.717, 1.165) is 6.29 Å². The van der Waals surface area contributed by atoms with Crippen LogP contribution in [0.4, 0.5) is 0 Å². The summed E-state index contributed by atoms with van der Waals surface area (Å²) < 4.78 is 0. The van der Waals surface area contributed by atoms with Crippen molar-refractivity contribution in [2.45, 2.75) is 19.3 Å². The van der Waals surface area contributed by atoms with Gasteiger partial charge in [0.2, 0.25) is 0 Å². The number of rotatable bonds is 3. The summed E-state index contributed by atoms with van der Waals surface area (Å²) in [4.78, 5) is 10.6. The van der Waals surface area contributed by atoms with Gasteiger partial charge < -0.3 is 15.0 Å². The molecule has 0 amide bonds. The van der Waals surface area contributed by atoms with E-state index in [0.29, 0.717) is 12.0 Å². The number of aldehydes is 1. The van der Waals surface area contributed by atoms with E-state index in [1.54, 1.807) is 6.07 Å². The third kappa shape index (κ3) is 1.99. The maximum atomic E-state index is 10.6. The van der Waals surface area contributed by atoms with Crippen molar-refractivity contribution in [2.24, 2.45) is 0 Å². The zero-order valence-corrected chi connectivity index (χ0v) is 7.40. The maximum Gasteiger partial charge on any atom is 0.127 e. The minimum atomic E-state index is -0.291. The molecule has 3 nitrogen and oxygen atoms in total. The van der Waals surface area contributed by atoms with E-state index in [-0.39, 0.29) is 17.4 Å². The quantitative estimate of drug-likeness (QED) is 0.697. The molecule has 1 aromatic carbocycles. The summed E-state index contributed by atoms with van der Waals surface area (Å²) in [6.45, 7) is 1.87. The Morgan fingerprint density at radius 1 is 1.46 bits per heavy atom. The van der Waals surface area contributed by atoms with E-state index in [1.165, 1.54) is 12.1 Å². The van der Waals surface area contributed by atoms with Crippen molar-refractivity contribution in [3.05, 3.63) is 23.8 Å². The lowest BCUT2D eigenvalue weighted by molar-refractivity contribution is -0.109. The van der Waals surface area contributed by atoms with Gasteiger partial charge in [-0.1, -0.05) is 13.0 Å². The first-order chi connectivity index (χ1) is 6.19. The zero-order chi connectivity index (χ0) is 9.84. The van der Waals surface area contributed by atoms with Gasteiger partial charge in [0.1, 0.15) is 17.8 Å². The molecule has 0 aromatic heterocycles. The SMILES string of the molecule is CCC(C=O)c1ccc(O)cc1O. The second kappa shape index (κ2) is 3.94. The van der Waals surface area contributed by atoms with E-state index in [1.807, 2.05) is 6.92 Å². The van der Waals surface area contributed by atoms with Gasteiger partial charge in [0.05, 0.1) is 0 Å². The van der Waals surface area contributed by atoms with Crippen LogP contribution in [0.25, 0.3) is 0 Å². The number of aromatic hydroxyl groups is 2. The van der Waals surface area contributed by atoms with Crippen LogP contribution in [0.3, 0.4) is 0 Å². The molecule has 13 heavy (non-hydrogen) atoms. The van der Waals surface area contributed by atoms with Crippen molar-refractivity contribution in [1.29, 1.82) is 0 Å². The van der Waals surface area contributed by atoms with E-state index < -0.39 is 0 Å². The number of carbonyl (C=O) groups excluding carboxylic acids is 1. The minimum Gasteiger partial charge on any atom is -0.508 e. The molecule has 0 saturated heterocycles. The fourth-order valence-electron chi connectivity index (χ4n) is 1.24. The van der Waals surface area contributed by atoms with Gasteiger partial charge in [0.15, 0.2) is 0 Å². The Kier molecular flexibility index (Phi) is 2.90. The van der Waals surface area contributed by atoms with E-state index >= 15 is 0 Å². The van der Waals surface area contributed by atoms with Crippen LogP contribution >= 0.6 is 0 Å². The van der Waals surface area contributed by atoms with Gasteiger partial charge in [-0.3, -0.25) is 0 Å². The van der Waals surface area contributed by atoms with Crippen LogP contribution in [0.5, 0.6) is 11.5 Å². The summed E-state index contributed by atoms with van der Waals surface area (Å²) in [5.74, 6) is -0.318. The second-order valence-electron chi connectivity index (χ2n) is 2.89. The number of hydrogen-bond acceptors (Lipinski definition) is 3. The number of hydrogen-bond donors (Lipinski definition) is 2. The van der Waals surface area contributed by atoms with Crippen LogP contribution in [0.15, 0.2) is 18.2 Å². The molecule has 70 valence electrons. The standard InChI is InChI=1S/C10H12O3/c1-2-7(6-11)9-4-3-8(12)5-10(9)13/h3-7,12-13H,2H2,1H3. The van der Waals surface area contributed by atoms with Gasteiger partial charge in [-0.25, -0.2) is 0 Å². The lowest BCUT2D eigenvalue weighted by Crippen LogP contribution is -1.98. The Hall–Kier alpha value is -1.51. The molecule has 1 aromatic rings. The number of phenolic OH excluding ortho intramolecular Hbond substituents is 2. The van der Waals surface area contributed by atoms with Crippen molar-refractivity contribution in [2.75, 3.05) is 0 Å². The van der Waals surface area contributed by atoms with Gasteiger partial charge in [-0.05, 0) is 12.5 Å². The van der Waals surface area contributed by atoms with Gasteiger partial charge in [0, 0.05) is 17.5 Å². The molecule has 1 atom stereocenters. The smallest absolute Gasteiger partial charge is 0.127 e. The average Bonchev–Trinajstić information content (AvgIpc) is 2.10.